The average Bonchev–Trinajstić information content (AvgIpc) is 3.49. The van der Waals surface area contributed by atoms with Crippen molar-refractivity contribution in [1.29, 1.82) is 0 Å². The Balaban J connectivity index is 2.10. The minimum absolute atomic E-state index is 0.0809. The van der Waals surface area contributed by atoms with Crippen LogP contribution >= 0.6 is 19.4 Å². The number of carbonyl (C=O) groups is 1. The fraction of sp³-hybridized carbons (Fsp3) is 0.500. The van der Waals surface area contributed by atoms with Crippen LogP contribution in [-0.2, 0) is 16.6 Å². The molecule has 4 rings (SSSR count). The van der Waals surface area contributed by atoms with E-state index < -0.39 is 18.0 Å². The van der Waals surface area contributed by atoms with Gasteiger partial charge in [-0.15, -0.1) is 0 Å². The monoisotopic (exact) mass is 825 g/mol. The Morgan fingerprint density at radius 2 is 1.20 bits per heavy atom. The standard InChI is InChI=1S/C27H38N2.C15H21NO3.2ClH.Ru/c1-18(2)22-11-9-12-23(19(3)4)26(22)28-15-16-29(17-28)27-24(20(5)6)13-10-14-25(27)21(7)8;1-10(2)9-18-15(17)16-13-6-7-14(12(5)8-13)19-11(3)4;;;/h9-14,18-21H,15-16H2,1-8H3;5-8,10-11H,9H2,1-4H3,(H,16,17);2*1H;/q;;;;+2/p-2. The van der Waals surface area contributed by atoms with Crippen molar-refractivity contribution < 1.29 is 26.2 Å². The molecule has 3 aromatic carbocycles. The summed E-state index contributed by atoms with van der Waals surface area (Å²) >= 11 is -4.00. The van der Waals surface area contributed by atoms with E-state index in [-0.39, 0.29) is 12.0 Å². The molecule has 6 nitrogen and oxygen atoms in total. The number of nitrogens with one attached hydrogen (secondary N) is 1. The quantitative estimate of drug-likeness (QED) is 0.184. The van der Waals surface area contributed by atoms with Gasteiger partial charge in [0.05, 0.1) is 0 Å². The fourth-order valence-corrected chi connectivity index (χ4v) is 12.5. The number of benzene rings is 3. The van der Waals surface area contributed by atoms with Gasteiger partial charge in [0.15, 0.2) is 0 Å². The summed E-state index contributed by atoms with van der Waals surface area (Å²) in [4.78, 5) is 17.6. The molecule has 0 saturated carbocycles. The molecule has 0 aliphatic carbocycles. The van der Waals surface area contributed by atoms with E-state index >= 15 is 0 Å². The summed E-state index contributed by atoms with van der Waals surface area (Å²) in [6.07, 6.45) is -0.585. The van der Waals surface area contributed by atoms with Crippen LogP contribution in [0.2, 0.25) is 0 Å². The van der Waals surface area contributed by atoms with Crippen molar-refractivity contribution in [2.75, 3.05) is 34.8 Å². The van der Waals surface area contributed by atoms with E-state index in [0.717, 1.165) is 23.0 Å². The van der Waals surface area contributed by atoms with Crippen molar-refractivity contribution in [1.82, 2.24) is 0 Å². The van der Waals surface area contributed by atoms with E-state index in [1.165, 1.54) is 33.6 Å². The molecule has 9 heteroatoms. The van der Waals surface area contributed by atoms with E-state index in [2.05, 4.69) is 107 Å². The molecule has 0 radical (unpaired) electrons. The summed E-state index contributed by atoms with van der Waals surface area (Å²) < 4.78 is 14.7. The summed E-state index contributed by atoms with van der Waals surface area (Å²) in [5, 5.41) is 2.89. The van der Waals surface area contributed by atoms with Gasteiger partial charge in [-0.1, -0.05) is 0 Å². The molecule has 0 aromatic heterocycles. The maximum atomic E-state index is 12.7. The second-order valence-electron chi connectivity index (χ2n) is 15.3. The van der Waals surface area contributed by atoms with Crippen LogP contribution in [0.4, 0.5) is 21.9 Å². The summed E-state index contributed by atoms with van der Waals surface area (Å²) in [5.74, 6) is 2.06. The molecule has 0 spiro atoms. The Morgan fingerprint density at radius 1 is 0.745 bits per heavy atom. The summed E-state index contributed by atoms with van der Waals surface area (Å²) in [7, 11) is 15.9. The van der Waals surface area contributed by atoms with Gasteiger partial charge in [-0.05, 0) is 0 Å². The van der Waals surface area contributed by atoms with Gasteiger partial charge in [0.25, 0.3) is 0 Å². The number of rotatable bonds is 12. The Bertz CT molecular complexity index is 1690. The summed E-state index contributed by atoms with van der Waals surface area (Å²) in [5.41, 5.74) is 8.84. The summed E-state index contributed by atoms with van der Waals surface area (Å²) in [6, 6.07) is 18.9. The molecule has 51 heavy (non-hydrogen) atoms. The van der Waals surface area contributed by atoms with Crippen LogP contribution in [0.25, 0.3) is 0 Å². The first-order valence-electron chi connectivity index (χ1n) is 18.3. The SMILES string of the molecule is CC(C)COC(=O)Nc1ccc(OC(C)C)c([CH]=[Ru]([Cl])([Cl])=[C]2N(c3c(C(C)C)cccc3C(C)C)CCN2c2c(C(C)C)cccc2C(C)C)c1. The van der Waals surface area contributed by atoms with Crippen molar-refractivity contribution >= 4 is 51.5 Å². The van der Waals surface area contributed by atoms with E-state index in [9.17, 15) is 4.79 Å². The molecule has 0 unspecified atom stereocenters. The molecule has 1 N–H and O–H groups in total. The molecule has 0 atom stereocenters. The van der Waals surface area contributed by atoms with Crippen LogP contribution < -0.4 is 19.9 Å². The summed E-state index contributed by atoms with van der Waals surface area (Å²) in [6.45, 7) is 27.8. The van der Waals surface area contributed by atoms with Crippen molar-refractivity contribution in [3.63, 3.8) is 0 Å². The Labute approximate surface area is 317 Å². The number of nitrogens with zero attached hydrogens (tertiary/aromatic N) is 2. The number of carbonyl (C=O) groups excluding carboxylic acids is 1. The second-order valence-corrected chi connectivity index (χ2v) is 24.6. The van der Waals surface area contributed by atoms with Gasteiger partial charge in [-0.3, -0.25) is 0 Å². The molecule has 1 aliphatic rings. The predicted molar refractivity (Wildman–Crippen MR) is 218 cm³/mol. The molecular weight excluding hydrogens is 766 g/mol. The predicted octanol–water partition coefficient (Wildman–Crippen LogP) is 11.9. The zero-order chi connectivity index (χ0) is 37.8. The van der Waals surface area contributed by atoms with Gasteiger partial charge in [0, 0.05) is 0 Å². The first-order valence-corrected chi connectivity index (χ1v) is 24.7. The van der Waals surface area contributed by atoms with Gasteiger partial charge in [0.1, 0.15) is 0 Å². The van der Waals surface area contributed by atoms with Crippen molar-refractivity contribution in [3.05, 3.63) is 82.4 Å². The van der Waals surface area contributed by atoms with Gasteiger partial charge >= 0.3 is 319 Å². The first-order chi connectivity index (χ1) is 23.9. The number of hydrogen-bond acceptors (Lipinski definition) is 5. The number of halogens is 2. The Hall–Kier alpha value is -2.73. The van der Waals surface area contributed by atoms with Crippen LogP contribution in [0.1, 0.15) is 135 Å². The van der Waals surface area contributed by atoms with Crippen LogP contribution in [0.15, 0.2) is 54.6 Å². The number of para-hydroxylation sites is 2. The molecule has 1 saturated heterocycles. The zero-order valence-electron chi connectivity index (χ0n) is 32.6. The molecule has 1 aliphatic heterocycles. The third-order valence-corrected chi connectivity index (χ3v) is 14.3. The van der Waals surface area contributed by atoms with E-state index in [0.29, 0.717) is 41.7 Å². The van der Waals surface area contributed by atoms with Crippen molar-refractivity contribution in [2.24, 2.45) is 5.92 Å². The van der Waals surface area contributed by atoms with E-state index in [4.69, 9.17) is 28.9 Å². The topological polar surface area (TPSA) is 54.0 Å². The van der Waals surface area contributed by atoms with E-state index in [1.54, 1.807) is 0 Å². The van der Waals surface area contributed by atoms with Crippen LogP contribution in [0.3, 0.4) is 0 Å². The van der Waals surface area contributed by atoms with Crippen LogP contribution in [0.5, 0.6) is 5.75 Å². The number of hydrogen-bond donors (Lipinski definition) is 1. The molecule has 1 amide bonds. The number of anilines is 3. The molecule has 282 valence electrons. The van der Waals surface area contributed by atoms with Gasteiger partial charge in [-0.2, -0.15) is 0 Å². The molecule has 1 heterocycles. The van der Waals surface area contributed by atoms with Crippen LogP contribution in [0, 0.1) is 5.92 Å². The minimum atomic E-state index is -4.00. The molecular formula is C42H59Cl2N3O3Ru. The first kappa shape index (κ1) is 41.0. The zero-order valence-corrected chi connectivity index (χ0v) is 35.8. The van der Waals surface area contributed by atoms with E-state index in [1.807, 2.05) is 50.5 Å². The maximum absolute atomic E-state index is 12.7. The Morgan fingerprint density at radius 3 is 1.59 bits per heavy atom. The third-order valence-electron chi connectivity index (χ3n) is 8.82. The second kappa shape index (κ2) is 17.4. The van der Waals surface area contributed by atoms with Gasteiger partial charge < -0.3 is 0 Å². The van der Waals surface area contributed by atoms with Gasteiger partial charge in [-0.25, -0.2) is 0 Å². The van der Waals surface area contributed by atoms with Crippen molar-refractivity contribution in [2.45, 2.75) is 113 Å². The van der Waals surface area contributed by atoms with Crippen LogP contribution in [-0.4, -0.2) is 40.9 Å². The number of amides is 1. The van der Waals surface area contributed by atoms with Crippen molar-refractivity contribution in [3.8, 4) is 5.75 Å². The fourth-order valence-electron chi connectivity index (χ4n) is 6.48. The molecule has 0 bridgehead atoms. The third kappa shape index (κ3) is 9.83. The molecule has 1 fully saturated rings. The number of ether oxygens (including phenoxy) is 2. The average molecular weight is 826 g/mol. The normalized spacial score (nSPS) is 14.2. The Kier molecular flexibility index (Phi) is 14.0. The van der Waals surface area contributed by atoms with Gasteiger partial charge in [0.2, 0.25) is 0 Å². The molecule has 3 aromatic rings.